The van der Waals surface area contributed by atoms with E-state index >= 15 is 0 Å². The Labute approximate surface area is 115 Å². The molecule has 1 aromatic carbocycles. The van der Waals surface area contributed by atoms with Crippen molar-refractivity contribution < 1.29 is 4.39 Å². The van der Waals surface area contributed by atoms with Crippen molar-refractivity contribution in [1.29, 1.82) is 0 Å². The average Bonchev–Trinajstić information content (AvgIpc) is 2.93. The first-order chi connectivity index (χ1) is 9.78. The monoisotopic (exact) mass is 268 g/mol. The van der Waals surface area contributed by atoms with Gasteiger partial charge in [-0.25, -0.2) is 14.4 Å². The molecular weight excluding hydrogens is 255 g/mol. The van der Waals surface area contributed by atoms with Gasteiger partial charge in [0.25, 0.3) is 0 Å². The van der Waals surface area contributed by atoms with Crippen LogP contribution in [0, 0.1) is 5.82 Å². The van der Waals surface area contributed by atoms with E-state index in [1.165, 1.54) is 18.5 Å². The predicted molar refractivity (Wildman–Crippen MR) is 74.3 cm³/mol. The highest BCUT2D eigenvalue weighted by Crippen LogP contribution is 2.29. The van der Waals surface area contributed by atoms with Crippen molar-refractivity contribution in [2.45, 2.75) is 13.5 Å². The van der Waals surface area contributed by atoms with Crippen LogP contribution < -0.4 is 0 Å². The molecule has 2 aromatic heterocycles. The Morgan fingerprint density at radius 2 is 1.95 bits per heavy atom. The second kappa shape index (κ2) is 5.21. The molecule has 20 heavy (non-hydrogen) atoms. The zero-order chi connectivity index (χ0) is 13.9. The Balaban J connectivity index is 2.15. The van der Waals surface area contributed by atoms with E-state index in [0.29, 0.717) is 0 Å². The number of nitrogens with zero attached hydrogens (tertiary/aromatic N) is 4. The minimum atomic E-state index is -0.257. The summed E-state index contributed by atoms with van der Waals surface area (Å²) >= 11 is 0. The standard InChI is InChI=1S/C15H13FN4/c1-2-20-9-13(14-7-8-17-10-18-14)15(19-20)11-3-5-12(16)6-4-11/h3-10H,2H2,1H3. The summed E-state index contributed by atoms with van der Waals surface area (Å²) in [7, 11) is 0. The molecule has 0 spiro atoms. The van der Waals surface area contributed by atoms with Gasteiger partial charge < -0.3 is 0 Å². The number of benzene rings is 1. The van der Waals surface area contributed by atoms with Gasteiger partial charge in [0.1, 0.15) is 17.8 Å². The molecule has 3 rings (SSSR count). The SMILES string of the molecule is CCn1cc(-c2ccncn2)c(-c2ccc(F)cc2)n1. The van der Waals surface area contributed by atoms with Crippen LogP contribution in [0.25, 0.3) is 22.5 Å². The van der Waals surface area contributed by atoms with Crippen LogP contribution in [0.4, 0.5) is 4.39 Å². The molecule has 0 unspecified atom stereocenters. The van der Waals surface area contributed by atoms with Crippen LogP contribution >= 0.6 is 0 Å². The molecule has 0 radical (unpaired) electrons. The van der Waals surface area contributed by atoms with Crippen molar-refractivity contribution in [2.75, 3.05) is 0 Å². The highest BCUT2D eigenvalue weighted by atomic mass is 19.1. The molecule has 0 saturated carbocycles. The maximum Gasteiger partial charge on any atom is 0.123 e. The lowest BCUT2D eigenvalue weighted by Crippen LogP contribution is -1.93. The molecule has 0 aliphatic carbocycles. The number of aromatic nitrogens is 4. The molecule has 3 aromatic rings. The summed E-state index contributed by atoms with van der Waals surface area (Å²) in [6.45, 7) is 2.78. The molecule has 0 fully saturated rings. The lowest BCUT2D eigenvalue weighted by Gasteiger charge is -2.01. The quantitative estimate of drug-likeness (QED) is 0.732. The van der Waals surface area contributed by atoms with Gasteiger partial charge in [-0.2, -0.15) is 5.10 Å². The lowest BCUT2D eigenvalue weighted by atomic mass is 10.1. The molecule has 0 aliphatic rings. The summed E-state index contributed by atoms with van der Waals surface area (Å²) in [6.07, 6.45) is 5.15. The van der Waals surface area contributed by atoms with Crippen molar-refractivity contribution in [3.05, 3.63) is 54.9 Å². The summed E-state index contributed by atoms with van der Waals surface area (Å²) in [5.41, 5.74) is 3.39. The van der Waals surface area contributed by atoms with Crippen molar-refractivity contribution in [2.24, 2.45) is 0 Å². The predicted octanol–water partition coefficient (Wildman–Crippen LogP) is 3.17. The Morgan fingerprint density at radius 1 is 1.15 bits per heavy atom. The molecule has 100 valence electrons. The van der Waals surface area contributed by atoms with E-state index in [-0.39, 0.29) is 5.82 Å². The van der Waals surface area contributed by atoms with Gasteiger partial charge in [0.05, 0.1) is 5.69 Å². The van der Waals surface area contributed by atoms with E-state index in [1.807, 2.05) is 23.9 Å². The topological polar surface area (TPSA) is 43.6 Å². The van der Waals surface area contributed by atoms with E-state index in [9.17, 15) is 4.39 Å². The number of hydrogen-bond donors (Lipinski definition) is 0. The number of aryl methyl sites for hydroxylation is 1. The van der Waals surface area contributed by atoms with E-state index < -0.39 is 0 Å². The van der Waals surface area contributed by atoms with Crippen LogP contribution in [0.5, 0.6) is 0 Å². The van der Waals surface area contributed by atoms with E-state index in [4.69, 9.17) is 0 Å². The van der Waals surface area contributed by atoms with Gasteiger partial charge in [0, 0.05) is 30.1 Å². The van der Waals surface area contributed by atoms with Gasteiger partial charge in [0.15, 0.2) is 0 Å². The van der Waals surface area contributed by atoms with Crippen LogP contribution in [0.1, 0.15) is 6.92 Å². The minimum absolute atomic E-state index is 0.257. The van der Waals surface area contributed by atoms with Crippen molar-refractivity contribution in [3.63, 3.8) is 0 Å². The fourth-order valence-electron chi connectivity index (χ4n) is 2.04. The first-order valence-electron chi connectivity index (χ1n) is 6.37. The van der Waals surface area contributed by atoms with Crippen molar-refractivity contribution in [1.82, 2.24) is 19.7 Å². The van der Waals surface area contributed by atoms with Gasteiger partial charge in [-0.3, -0.25) is 4.68 Å². The molecule has 2 heterocycles. The van der Waals surface area contributed by atoms with Gasteiger partial charge >= 0.3 is 0 Å². The van der Waals surface area contributed by atoms with Gasteiger partial charge in [-0.15, -0.1) is 0 Å². The molecule has 0 N–H and O–H groups in total. The fourth-order valence-corrected chi connectivity index (χ4v) is 2.04. The van der Waals surface area contributed by atoms with Gasteiger partial charge in [-0.1, -0.05) is 0 Å². The van der Waals surface area contributed by atoms with Gasteiger partial charge in [-0.05, 0) is 37.3 Å². The molecule has 0 amide bonds. The fraction of sp³-hybridized carbons (Fsp3) is 0.133. The number of rotatable bonds is 3. The second-order valence-electron chi connectivity index (χ2n) is 4.35. The van der Waals surface area contributed by atoms with Crippen LogP contribution in [-0.4, -0.2) is 19.7 Å². The smallest absolute Gasteiger partial charge is 0.123 e. The summed E-state index contributed by atoms with van der Waals surface area (Å²) in [4.78, 5) is 8.19. The number of hydrogen-bond acceptors (Lipinski definition) is 3. The summed E-state index contributed by atoms with van der Waals surface area (Å²) in [6, 6.07) is 8.16. The van der Waals surface area contributed by atoms with Crippen LogP contribution in [0.15, 0.2) is 49.1 Å². The Morgan fingerprint density at radius 3 is 2.60 bits per heavy atom. The summed E-state index contributed by atoms with van der Waals surface area (Å²) < 4.78 is 14.9. The molecule has 0 saturated heterocycles. The van der Waals surface area contributed by atoms with Crippen LogP contribution in [0.2, 0.25) is 0 Å². The zero-order valence-electron chi connectivity index (χ0n) is 11.0. The third kappa shape index (κ3) is 2.30. The molecule has 0 aliphatic heterocycles. The maximum absolute atomic E-state index is 13.1. The van der Waals surface area contributed by atoms with Crippen molar-refractivity contribution >= 4 is 0 Å². The third-order valence-electron chi connectivity index (χ3n) is 3.06. The largest absolute Gasteiger partial charge is 0.272 e. The van der Waals surface area contributed by atoms with E-state index in [2.05, 4.69) is 15.1 Å². The summed E-state index contributed by atoms with van der Waals surface area (Å²) in [5.74, 6) is -0.257. The summed E-state index contributed by atoms with van der Waals surface area (Å²) in [5, 5.41) is 4.54. The molecular formula is C15H13FN4. The van der Waals surface area contributed by atoms with E-state index in [1.54, 1.807) is 18.3 Å². The normalized spacial score (nSPS) is 10.7. The Kier molecular flexibility index (Phi) is 3.25. The molecule has 0 atom stereocenters. The Hall–Kier alpha value is -2.56. The third-order valence-corrected chi connectivity index (χ3v) is 3.06. The van der Waals surface area contributed by atoms with Crippen LogP contribution in [-0.2, 0) is 6.54 Å². The zero-order valence-corrected chi connectivity index (χ0v) is 11.0. The Bertz CT molecular complexity index is 704. The molecule has 4 nitrogen and oxygen atoms in total. The highest BCUT2D eigenvalue weighted by molar-refractivity contribution is 5.78. The molecule has 0 bridgehead atoms. The lowest BCUT2D eigenvalue weighted by molar-refractivity contribution is 0.628. The second-order valence-corrected chi connectivity index (χ2v) is 4.35. The number of halogens is 1. The van der Waals surface area contributed by atoms with Crippen LogP contribution in [0.3, 0.4) is 0 Å². The van der Waals surface area contributed by atoms with Gasteiger partial charge in [0.2, 0.25) is 0 Å². The first-order valence-corrected chi connectivity index (χ1v) is 6.37. The highest BCUT2D eigenvalue weighted by Gasteiger charge is 2.13. The molecule has 5 heteroatoms. The maximum atomic E-state index is 13.1. The first kappa shape index (κ1) is 12.5. The van der Waals surface area contributed by atoms with E-state index in [0.717, 1.165) is 29.1 Å². The average molecular weight is 268 g/mol. The van der Waals surface area contributed by atoms with Crippen molar-refractivity contribution in [3.8, 4) is 22.5 Å². The minimum Gasteiger partial charge on any atom is -0.272 e.